The molecule has 4 nitrogen and oxygen atoms in total. The molecular formula is C24H19N3OS. The van der Waals surface area contributed by atoms with Crippen LogP contribution in [-0.4, -0.2) is 22.4 Å². The van der Waals surface area contributed by atoms with E-state index in [9.17, 15) is 4.79 Å². The maximum absolute atomic E-state index is 12.0. The van der Waals surface area contributed by atoms with E-state index in [0.29, 0.717) is 6.54 Å². The molecule has 1 aromatic carbocycles. The highest BCUT2D eigenvalue weighted by atomic mass is 32.1. The number of carbonyl (C=O) groups excluding carboxylic acids is 1. The minimum atomic E-state index is -0.00478. The van der Waals surface area contributed by atoms with E-state index in [1.54, 1.807) is 17.5 Å². The Kier molecular flexibility index (Phi) is 4.58. The van der Waals surface area contributed by atoms with Crippen molar-refractivity contribution in [3.8, 4) is 21.7 Å². The fourth-order valence-corrected chi connectivity index (χ4v) is 4.44. The van der Waals surface area contributed by atoms with Crippen LogP contribution in [0.2, 0.25) is 0 Å². The van der Waals surface area contributed by atoms with Gasteiger partial charge in [-0.1, -0.05) is 30.3 Å². The average Bonchev–Trinajstić information content (AvgIpc) is 3.41. The van der Waals surface area contributed by atoms with Crippen molar-refractivity contribution < 1.29 is 4.79 Å². The van der Waals surface area contributed by atoms with Crippen molar-refractivity contribution in [1.29, 1.82) is 0 Å². The van der Waals surface area contributed by atoms with Crippen LogP contribution in [0.3, 0.4) is 0 Å². The minimum Gasteiger partial charge on any atom is -0.358 e. The number of nitrogens with one attached hydrogen (secondary N) is 2. The van der Waals surface area contributed by atoms with Crippen LogP contribution in [0.25, 0.3) is 33.9 Å². The van der Waals surface area contributed by atoms with Gasteiger partial charge < -0.3 is 10.3 Å². The molecule has 0 saturated carbocycles. The van der Waals surface area contributed by atoms with Gasteiger partial charge in [0.25, 0.3) is 5.91 Å². The van der Waals surface area contributed by atoms with E-state index in [1.165, 1.54) is 15.3 Å². The monoisotopic (exact) mass is 397 g/mol. The molecule has 5 rings (SSSR count). The molecule has 0 unspecified atom stereocenters. The zero-order valence-electron chi connectivity index (χ0n) is 15.7. The van der Waals surface area contributed by atoms with E-state index >= 15 is 0 Å². The van der Waals surface area contributed by atoms with Crippen LogP contribution >= 0.6 is 11.3 Å². The van der Waals surface area contributed by atoms with Crippen LogP contribution in [0, 0.1) is 0 Å². The van der Waals surface area contributed by atoms with Gasteiger partial charge in [0.15, 0.2) is 0 Å². The lowest BCUT2D eigenvalue weighted by Gasteiger charge is -2.10. The Hall–Kier alpha value is -3.44. The summed E-state index contributed by atoms with van der Waals surface area (Å²) in [4.78, 5) is 22.3. The zero-order valence-corrected chi connectivity index (χ0v) is 16.5. The van der Waals surface area contributed by atoms with Gasteiger partial charge >= 0.3 is 0 Å². The maximum Gasteiger partial charge on any atom is 0.253 e. The van der Waals surface area contributed by atoms with Crippen molar-refractivity contribution in [2.45, 2.75) is 6.42 Å². The number of hydrogen-bond acceptors (Lipinski definition) is 3. The molecule has 4 heterocycles. The molecule has 0 aliphatic carbocycles. The van der Waals surface area contributed by atoms with Crippen molar-refractivity contribution in [3.63, 3.8) is 0 Å². The Morgan fingerprint density at radius 1 is 0.966 bits per heavy atom. The van der Waals surface area contributed by atoms with Gasteiger partial charge in [0.05, 0.1) is 11.3 Å². The van der Waals surface area contributed by atoms with Crippen LogP contribution in [0.5, 0.6) is 0 Å². The second-order valence-corrected chi connectivity index (χ2v) is 8.07. The van der Waals surface area contributed by atoms with Crippen LogP contribution in [-0.2, 0) is 6.42 Å². The molecule has 1 amide bonds. The number of thiophene rings is 1. The van der Waals surface area contributed by atoms with E-state index in [4.69, 9.17) is 0 Å². The molecule has 2 N–H and O–H groups in total. The molecule has 0 bridgehead atoms. The molecule has 1 aliphatic rings. The molecule has 0 saturated heterocycles. The summed E-state index contributed by atoms with van der Waals surface area (Å²) in [6.07, 6.45) is 6.76. The number of pyridine rings is 1. The van der Waals surface area contributed by atoms with Gasteiger partial charge in [0.2, 0.25) is 0 Å². The van der Waals surface area contributed by atoms with E-state index in [-0.39, 0.29) is 5.91 Å². The van der Waals surface area contributed by atoms with Gasteiger partial charge in [0.1, 0.15) is 0 Å². The summed E-state index contributed by atoms with van der Waals surface area (Å²) < 4.78 is 0. The minimum absolute atomic E-state index is 0.00478. The molecule has 3 aromatic heterocycles. The second kappa shape index (κ2) is 7.53. The molecule has 29 heavy (non-hydrogen) atoms. The Labute approximate surface area is 173 Å². The van der Waals surface area contributed by atoms with Gasteiger partial charge in [-0.25, -0.2) is 0 Å². The summed E-state index contributed by atoms with van der Waals surface area (Å²) in [6, 6.07) is 20.6. The number of fused-ring (bicyclic) bond motifs is 1. The molecule has 0 fully saturated rings. The van der Waals surface area contributed by atoms with Crippen LogP contribution in [0.1, 0.15) is 26.6 Å². The highest BCUT2D eigenvalue weighted by Crippen LogP contribution is 2.29. The third-order valence-corrected chi connectivity index (χ3v) is 6.10. The standard InChI is InChI=1S/C24H19N3OS/c28-24-20-15-22(27-21(20)11-13-26-24)17-10-12-25-18(14-17)6-7-19-8-9-23(29-19)16-4-2-1-3-5-16/h1-10,12,14-15,27H,11,13H2,(H,26,28). The number of aromatic nitrogens is 2. The third-order valence-electron chi connectivity index (χ3n) is 5.00. The first kappa shape index (κ1) is 17.6. The van der Waals surface area contributed by atoms with Crippen molar-refractivity contribution in [2.24, 2.45) is 0 Å². The quantitative estimate of drug-likeness (QED) is 0.493. The second-order valence-electron chi connectivity index (χ2n) is 6.95. The largest absolute Gasteiger partial charge is 0.358 e. The van der Waals surface area contributed by atoms with Gasteiger partial charge in [-0.05, 0) is 48.0 Å². The molecule has 1 aliphatic heterocycles. The van der Waals surface area contributed by atoms with Gasteiger partial charge in [0, 0.05) is 45.9 Å². The topological polar surface area (TPSA) is 57.8 Å². The summed E-state index contributed by atoms with van der Waals surface area (Å²) in [6.45, 7) is 0.682. The number of H-pyrrole nitrogens is 1. The first-order valence-corrected chi connectivity index (χ1v) is 10.4. The number of nitrogens with zero attached hydrogens (tertiary/aromatic N) is 1. The molecule has 5 heteroatoms. The Bertz CT molecular complexity index is 1200. The number of hydrogen-bond donors (Lipinski definition) is 2. The van der Waals surface area contributed by atoms with Crippen LogP contribution < -0.4 is 5.32 Å². The highest BCUT2D eigenvalue weighted by molar-refractivity contribution is 7.16. The predicted molar refractivity (Wildman–Crippen MR) is 119 cm³/mol. The SMILES string of the molecule is O=C1NCCc2[nH]c(-c3ccnc(C=Cc4ccc(-c5ccccc5)s4)c3)cc21. The summed E-state index contributed by atoms with van der Waals surface area (Å²) in [5.41, 5.74) is 5.84. The van der Waals surface area contributed by atoms with Crippen molar-refractivity contribution in [1.82, 2.24) is 15.3 Å². The number of amides is 1. The van der Waals surface area contributed by atoms with Crippen LogP contribution in [0.4, 0.5) is 0 Å². The van der Waals surface area contributed by atoms with E-state index in [2.05, 4.69) is 57.8 Å². The number of benzene rings is 1. The number of rotatable bonds is 4. The Morgan fingerprint density at radius 2 is 1.86 bits per heavy atom. The van der Waals surface area contributed by atoms with Gasteiger partial charge in [-0.3, -0.25) is 9.78 Å². The molecule has 0 spiro atoms. The summed E-state index contributed by atoms with van der Waals surface area (Å²) in [7, 11) is 0. The lowest BCUT2D eigenvalue weighted by molar-refractivity contribution is 0.0946. The van der Waals surface area contributed by atoms with E-state index in [0.717, 1.165) is 34.6 Å². The van der Waals surface area contributed by atoms with Crippen molar-refractivity contribution in [2.75, 3.05) is 6.54 Å². The summed E-state index contributed by atoms with van der Waals surface area (Å²) in [5.74, 6) is -0.00478. The predicted octanol–water partition coefficient (Wildman–Crippen LogP) is 5.26. The molecule has 142 valence electrons. The number of carbonyl (C=O) groups is 1. The summed E-state index contributed by atoms with van der Waals surface area (Å²) in [5, 5.41) is 2.89. The maximum atomic E-state index is 12.0. The molecule has 0 atom stereocenters. The van der Waals surface area contributed by atoms with Crippen molar-refractivity contribution in [3.05, 3.63) is 88.7 Å². The van der Waals surface area contributed by atoms with Gasteiger partial charge in [-0.2, -0.15) is 0 Å². The van der Waals surface area contributed by atoms with Crippen LogP contribution in [0.15, 0.2) is 66.9 Å². The first-order valence-electron chi connectivity index (χ1n) is 9.56. The first-order chi connectivity index (χ1) is 14.3. The van der Waals surface area contributed by atoms with E-state index < -0.39 is 0 Å². The number of aromatic amines is 1. The normalized spacial score (nSPS) is 13.4. The zero-order chi connectivity index (χ0) is 19.6. The molecule has 4 aromatic rings. The fraction of sp³-hybridized carbons (Fsp3) is 0.0833. The average molecular weight is 398 g/mol. The Balaban J connectivity index is 1.38. The van der Waals surface area contributed by atoms with Gasteiger partial charge in [-0.15, -0.1) is 11.3 Å². The third kappa shape index (κ3) is 3.65. The summed E-state index contributed by atoms with van der Waals surface area (Å²) >= 11 is 1.76. The van der Waals surface area contributed by atoms with E-state index in [1.807, 2.05) is 30.3 Å². The Morgan fingerprint density at radius 3 is 2.72 bits per heavy atom. The van der Waals surface area contributed by atoms with Crippen molar-refractivity contribution >= 4 is 29.4 Å². The lowest BCUT2D eigenvalue weighted by Crippen LogP contribution is -2.31. The fourth-order valence-electron chi connectivity index (χ4n) is 3.52. The smallest absolute Gasteiger partial charge is 0.253 e. The molecular weight excluding hydrogens is 378 g/mol. The molecule has 0 radical (unpaired) electrons. The highest BCUT2D eigenvalue weighted by Gasteiger charge is 2.19. The lowest BCUT2D eigenvalue weighted by atomic mass is 10.1.